The molecule has 0 aliphatic carbocycles. The molecule has 2 aromatic heterocycles. The molecule has 0 spiro atoms. The first-order valence-electron chi connectivity index (χ1n) is 9.43. The number of likely N-dealkylation sites (tertiary alicyclic amines) is 1. The number of carbonyl (C=O) groups is 1. The first kappa shape index (κ1) is 18.1. The van der Waals surface area contributed by atoms with Crippen LogP contribution in [0.25, 0.3) is 21.5 Å². The molecule has 2 N–H and O–H groups in total. The minimum Gasteiger partial charge on any atom is -0.348 e. The molecule has 142 valence electrons. The summed E-state index contributed by atoms with van der Waals surface area (Å²) in [4.78, 5) is 19.6. The highest BCUT2D eigenvalue weighted by Crippen LogP contribution is 2.27. The molecule has 0 saturated carbocycles. The number of nitrogens with zero attached hydrogens (tertiary/aromatic N) is 3. The van der Waals surface area contributed by atoms with E-state index in [0.717, 1.165) is 40.1 Å². The number of amides is 1. The number of thiazole rings is 1. The summed E-state index contributed by atoms with van der Waals surface area (Å²) in [6.45, 7) is 5.21. The molecule has 4 rings (SSSR count). The number of carbonyl (C=O) groups excluding carboxylic acids is 1. The van der Waals surface area contributed by atoms with Gasteiger partial charge in [-0.25, -0.2) is 4.98 Å². The van der Waals surface area contributed by atoms with Crippen molar-refractivity contribution in [1.29, 1.82) is 0 Å². The number of aromatic amines is 1. The quantitative estimate of drug-likeness (QED) is 0.706. The van der Waals surface area contributed by atoms with Crippen LogP contribution in [0, 0.1) is 6.92 Å². The van der Waals surface area contributed by atoms with Gasteiger partial charge in [0.25, 0.3) is 5.91 Å². The van der Waals surface area contributed by atoms with Crippen LogP contribution in [-0.4, -0.2) is 51.7 Å². The Morgan fingerprint density at radius 1 is 1.48 bits per heavy atom. The van der Waals surface area contributed by atoms with Crippen molar-refractivity contribution in [2.24, 2.45) is 0 Å². The van der Waals surface area contributed by atoms with Crippen LogP contribution in [0.15, 0.2) is 23.6 Å². The Bertz CT molecular complexity index is 962. The lowest BCUT2D eigenvalue weighted by Crippen LogP contribution is -2.38. The zero-order chi connectivity index (χ0) is 19.0. The van der Waals surface area contributed by atoms with E-state index in [1.165, 1.54) is 12.8 Å². The summed E-state index contributed by atoms with van der Waals surface area (Å²) in [5, 5.41) is 14.2. The van der Waals surface area contributed by atoms with Gasteiger partial charge in [-0.2, -0.15) is 5.10 Å². The fourth-order valence-corrected chi connectivity index (χ4v) is 4.64. The molecule has 1 aromatic carbocycles. The number of fused-ring (bicyclic) bond motifs is 1. The van der Waals surface area contributed by atoms with Crippen LogP contribution in [0.1, 0.15) is 42.4 Å². The Hall–Kier alpha value is -2.25. The molecule has 1 aliphatic rings. The number of aryl methyl sites for hydroxylation is 1. The Labute approximate surface area is 163 Å². The van der Waals surface area contributed by atoms with Crippen LogP contribution in [0.4, 0.5) is 0 Å². The molecular formula is C20H25N5OS. The highest BCUT2D eigenvalue weighted by molar-refractivity contribution is 7.13. The molecule has 6 nitrogen and oxygen atoms in total. The molecule has 1 saturated heterocycles. The Kier molecular flexibility index (Phi) is 4.97. The highest BCUT2D eigenvalue weighted by atomic mass is 32.1. The maximum Gasteiger partial charge on any atom is 0.272 e. The molecule has 0 radical (unpaired) electrons. The number of nitrogens with one attached hydrogen (secondary N) is 2. The van der Waals surface area contributed by atoms with E-state index in [1.54, 1.807) is 11.3 Å². The van der Waals surface area contributed by atoms with E-state index in [2.05, 4.69) is 39.4 Å². The zero-order valence-corrected chi connectivity index (χ0v) is 16.8. The van der Waals surface area contributed by atoms with Crippen LogP contribution < -0.4 is 5.32 Å². The molecule has 1 amide bonds. The zero-order valence-electron chi connectivity index (χ0n) is 16.0. The van der Waals surface area contributed by atoms with Crippen LogP contribution in [0.2, 0.25) is 0 Å². The summed E-state index contributed by atoms with van der Waals surface area (Å²) < 4.78 is 0. The van der Waals surface area contributed by atoms with Gasteiger partial charge in [-0.05, 0) is 58.8 Å². The third-order valence-electron chi connectivity index (χ3n) is 5.32. The first-order chi connectivity index (χ1) is 13.0. The van der Waals surface area contributed by atoms with Gasteiger partial charge in [0.05, 0.1) is 5.52 Å². The second kappa shape index (κ2) is 7.40. The molecule has 3 aromatic rings. The Morgan fingerprint density at radius 3 is 3.04 bits per heavy atom. The smallest absolute Gasteiger partial charge is 0.272 e. The summed E-state index contributed by atoms with van der Waals surface area (Å²) in [7, 11) is 2.16. The van der Waals surface area contributed by atoms with Crippen molar-refractivity contribution >= 4 is 28.1 Å². The molecule has 0 bridgehead atoms. The number of hydrogen-bond acceptors (Lipinski definition) is 5. The number of H-pyrrole nitrogens is 1. The molecule has 1 unspecified atom stereocenters. The van der Waals surface area contributed by atoms with Gasteiger partial charge < -0.3 is 10.2 Å². The van der Waals surface area contributed by atoms with Crippen molar-refractivity contribution in [3.63, 3.8) is 0 Å². The first-order valence-corrected chi connectivity index (χ1v) is 10.3. The topological polar surface area (TPSA) is 73.9 Å². The van der Waals surface area contributed by atoms with Gasteiger partial charge in [-0.1, -0.05) is 6.07 Å². The van der Waals surface area contributed by atoms with Gasteiger partial charge in [0, 0.05) is 34.1 Å². The number of benzene rings is 1. The largest absolute Gasteiger partial charge is 0.348 e. The third-order valence-corrected chi connectivity index (χ3v) is 6.33. The summed E-state index contributed by atoms with van der Waals surface area (Å²) in [5.41, 5.74) is 3.36. The van der Waals surface area contributed by atoms with Crippen molar-refractivity contribution in [2.75, 3.05) is 13.6 Å². The summed E-state index contributed by atoms with van der Waals surface area (Å²) in [6.07, 6.45) is 3.42. The normalized spacial score (nSPS) is 18.9. The fourth-order valence-electron chi connectivity index (χ4n) is 3.85. The SMILES string of the molecule is Cc1csc(-c2ccc3c(C(=O)N[C@H](C)CC4CCCN4C)n[nH]c3c2)n1. The fraction of sp³-hybridized carbons (Fsp3) is 0.450. The highest BCUT2D eigenvalue weighted by Gasteiger charge is 2.24. The standard InChI is InChI=1S/C20H25N5OS/c1-12(9-15-5-4-8-25(15)3)21-19(26)18-16-7-6-14(10-17(16)23-24-18)20-22-13(2)11-27-20/h6-7,10-12,15H,4-5,8-9H2,1-3H3,(H,21,26)(H,23,24)/t12-,15?/m1/s1. The van der Waals surface area contributed by atoms with Crippen molar-refractivity contribution in [2.45, 2.75) is 45.2 Å². The van der Waals surface area contributed by atoms with Gasteiger partial charge >= 0.3 is 0 Å². The van der Waals surface area contributed by atoms with Crippen molar-refractivity contribution < 1.29 is 4.79 Å². The van der Waals surface area contributed by atoms with E-state index in [9.17, 15) is 4.79 Å². The van der Waals surface area contributed by atoms with Gasteiger partial charge in [0.15, 0.2) is 5.69 Å². The van der Waals surface area contributed by atoms with E-state index in [4.69, 9.17) is 0 Å². The molecule has 7 heteroatoms. The summed E-state index contributed by atoms with van der Waals surface area (Å²) in [5.74, 6) is -0.118. The number of hydrogen-bond donors (Lipinski definition) is 2. The molecule has 27 heavy (non-hydrogen) atoms. The van der Waals surface area contributed by atoms with Gasteiger partial charge in [-0.15, -0.1) is 11.3 Å². The average Bonchev–Trinajstić information content (AvgIpc) is 3.35. The van der Waals surface area contributed by atoms with Crippen LogP contribution in [0.3, 0.4) is 0 Å². The minimum absolute atomic E-state index is 0.118. The minimum atomic E-state index is -0.118. The lowest BCUT2D eigenvalue weighted by atomic mass is 10.1. The third kappa shape index (κ3) is 3.75. The van der Waals surface area contributed by atoms with Crippen molar-refractivity contribution in [1.82, 2.24) is 25.4 Å². The summed E-state index contributed by atoms with van der Waals surface area (Å²) >= 11 is 1.62. The average molecular weight is 384 g/mol. The van der Waals surface area contributed by atoms with Crippen LogP contribution in [0.5, 0.6) is 0 Å². The maximum absolute atomic E-state index is 12.7. The predicted octanol–water partition coefficient (Wildman–Crippen LogP) is 3.60. The van der Waals surface area contributed by atoms with E-state index in [-0.39, 0.29) is 11.9 Å². The lowest BCUT2D eigenvalue weighted by molar-refractivity contribution is 0.0929. The Balaban J connectivity index is 1.49. The Morgan fingerprint density at radius 2 is 2.33 bits per heavy atom. The summed E-state index contributed by atoms with van der Waals surface area (Å²) in [6, 6.07) is 6.64. The number of aromatic nitrogens is 3. The monoisotopic (exact) mass is 383 g/mol. The van der Waals surface area contributed by atoms with Gasteiger partial charge in [0.2, 0.25) is 0 Å². The van der Waals surface area contributed by atoms with E-state index in [0.29, 0.717) is 11.7 Å². The van der Waals surface area contributed by atoms with Crippen molar-refractivity contribution in [3.8, 4) is 10.6 Å². The van der Waals surface area contributed by atoms with E-state index < -0.39 is 0 Å². The maximum atomic E-state index is 12.7. The van der Waals surface area contributed by atoms with Gasteiger partial charge in [0.1, 0.15) is 5.01 Å². The van der Waals surface area contributed by atoms with E-state index in [1.807, 2.05) is 30.5 Å². The van der Waals surface area contributed by atoms with E-state index >= 15 is 0 Å². The van der Waals surface area contributed by atoms with Crippen LogP contribution in [-0.2, 0) is 0 Å². The molecule has 2 atom stereocenters. The second-order valence-corrected chi connectivity index (χ2v) is 8.37. The lowest BCUT2D eigenvalue weighted by Gasteiger charge is -2.23. The van der Waals surface area contributed by atoms with Crippen LogP contribution >= 0.6 is 11.3 Å². The van der Waals surface area contributed by atoms with Gasteiger partial charge in [-0.3, -0.25) is 9.89 Å². The van der Waals surface area contributed by atoms with Crippen molar-refractivity contribution in [3.05, 3.63) is 35.0 Å². The second-order valence-electron chi connectivity index (χ2n) is 7.51. The number of rotatable bonds is 5. The molecule has 3 heterocycles. The molecule has 1 fully saturated rings. The molecular weight excluding hydrogens is 358 g/mol. The molecule has 1 aliphatic heterocycles. The predicted molar refractivity (Wildman–Crippen MR) is 109 cm³/mol.